The van der Waals surface area contributed by atoms with Gasteiger partial charge in [0.2, 0.25) is 5.91 Å². The first-order chi connectivity index (χ1) is 24.4. The van der Waals surface area contributed by atoms with Crippen LogP contribution >= 0.6 is 0 Å². The maximum absolute atomic E-state index is 16.0. The van der Waals surface area contributed by atoms with Crippen molar-refractivity contribution in [2.45, 2.75) is 69.3 Å². The van der Waals surface area contributed by atoms with Crippen molar-refractivity contribution in [3.8, 4) is 23.0 Å². The number of halogens is 8. The van der Waals surface area contributed by atoms with E-state index in [2.05, 4.69) is 37.2 Å². The standard InChI is InChI=1S/C36H28F8N6O2/c1-34(2,52)9-7-20-3-4-21(24-15-46-33-23(29(24)39)8-10-45-33)30(47-20)26(13-17-11-18(37)14-19(38)12-17)48-27(51)16-50-32-28(31(49-50)36(42,43)44)22-5-6-25(22)35(32,40)41/h3-4,8,10-12,14-15,22,25-26,52H,5-6,13,16H2,1-2H3,(H,45,46)(H,48,51). The predicted molar refractivity (Wildman–Crippen MR) is 170 cm³/mol. The minimum Gasteiger partial charge on any atom is -0.378 e. The van der Waals surface area contributed by atoms with Crippen LogP contribution in [0.2, 0.25) is 0 Å². The quantitative estimate of drug-likeness (QED) is 0.123. The highest BCUT2D eigenvalue weighted by Crippen LogP contribution is 2.64. The lowest BCUT2D eigenvalue weighted by atomic mass is 9.73. The molecule has 7 rings (SSSR count). The van der Waals surface area contributed by atoms with Gasteiger partial charge >= 0.3 is 6.18 Å². The zero-order valence-electron chi connectivity index (χ0n) is 27.3. The minimum absolute atomic E-state index is 0.00319. The monoisotopic (exact) mass is 728 g/mol. The van der Waals surface area contributed by atoms with Crippen molar-refractivity contribution in [2.75, 3.05) is 0 Å². The Hall–Kier alpha value is -5.30. The molecule has 0 saturated heterocycles. The lowest BCUT2D eigenvalue weighted by Crippen LogP contribution is -2.36. The van der Waals surface area contributed by atoms with Gasteiger partial charge in [0, 0.05) is 41.1 Å². The third-order valence-electron chi connectivity index (χ3n) is 9.24. The number of carbonyl (C=O) groups excluding carboxylic acids is 1. The second kappa shape index (κ2) is 12.4. The van der Waals surface area contributed by atoms with Crippen LogP contribution in [0.25, 0.3) is 22.2 Å². The third kappa shape index (κ3) is 6.38. The number of rotatable bonds is 7. The largest absolute Gasteiger partial charge is 0.435 e. The van der Waals surface area contributed by atoms with Crippen LogP contribution in [0.5, 0.6) is 0 Å². The van der Waals surface area contributed by atoms with Crippen LogP contribution in [0.1, 0.15) is 72.6 Å². The van der Waals surface area contributed by atoms with Gasteiger partial charge < -0.3 is 15.4 Å². The number of amides is 1. The highest BCUT2D eigenvalue weighted by atomic mass is 19.4. The second-order valence-electron chi connectivity index (χ2n) is 13.4. The average Bonchev–Trinajstić information content (AvgIpc) is 3.68. The Balaban J connectivity index is 1.34. The number of carbonyl (C=O) groups is 1. The summed E-state index contributed by atoms with van der Waals surface area (Å²) in [7, 11) is 0. The Morgan fingerprint density at radius 3 is 2.48 bits per heavy atom. The number of hydrogen-bond acceptors (Lipinski definition) is 5. The summed E-state index contributed by atoms with van der Waals surface area (Å²) in [5, 5.41) is 16.3. The summed E-state index contributed by atoms with van der Waals surface area (Å²) in [5.41, 5.74) is -4.49. The van der Waals surface area contributed by atoms with E-state index in [-0.39, 0.29) is 52.0 Å². The number of aromatic nitrogens is 5. The zero-order chi connectivity index (χ0) is 37.3. The minimum atomic E-state index is -5.07. The highest BCUT2D eigenvalue weighted by Gasteiger charge is 2.63. The molecule has 4 heterocycles. The molecule has 1 aromatic carbocycles. The van der Waals surface area contributed by atoms with Crippen molar-refractivity contribution in [1.82, 2.24) is 30.0 Å². The normalized spacial score (nSPS) is 18.3. The molecular formula is C36H28F8N6O2. The molecule has 3 unspecified atom stereocenters. The zero-order valence-corrected chi connectivity index (χ0v) is 27.3. The average molecular weight is 729 g/mol. The molecule has 0 aliphatic heterocycles. The molecule has 0 radical (unpaired) electrons. The van der Waals surface area contributed by atoms with Crippen LogP contribution in [-0.4, -0.2) is 41.3 Å². The number of aromatic amines is 1. The molecule has 4 aromatic heterocycles. The summed E-state index contributed by atoms with van der Waals surface area (Å²) in [6, 6.07) is 5.40. The van der Waals surface area contributed by atoms with E-state index in [0.29, 0.717) is 10.7 Å². The lowest BCUT2D eigenvalue weighted by molar-refractivity contribution is -0.144. The van der Waals surface area contributed by atoms with Gasteiger partial charge in [-0.2, -0.15) is 27.1 Å². The molecule has 3 N–H and O–H groups in total. The maximum Gasteiger partial charge on any atom is 0.435 e. The van der Waals surface area contributed by atoms with Crippen molar-refractivity contribution in [3.63, 3.8) is 0 Å². The van der Waals surface area contributed by atoms with Gasteiger partial charge in [-0.25, -0.2) is 23.1 Å². The number of nitrogens with zero attached hydrogens (tertiary/aromatic N) is 4. The van der Waals surface area contributed by atoms with E-state index in [1.165, 1.54) is 44.4 Å². The SMILES string of the molecule is CC(C)(O)C#Cc1ccc(-c2cnc3[nH]ccc3c2F)c(C(Cc2cc(F)cc(F)c2)NC(=O)Cn2nc(C(F)(F)F)c3c2C(F)(F)C2CCC32)n1. The van der Waals surface area contributed by atoms with Gasteiger partial charge in [-0.3, -0.25) is 9.48 Å². The Morgan fingerprint density at radius 1 is 1.10 bits per heavy atom. The summed E-state index contributed by atoms with van der Waals surface area (Å²) in [5.74, 6) is -4.60. The van der Waals surface area contributed by atoms with Crippen LogP contribution in [0.15, 0.2) is 48.8 Å². The van der Waals surface area contributed by atoms with E-state index < -0.39 is 88.9 Å². The lowest BCUT2D eigenvalue weighted by Gasteiger charge is -2.34. The van der Waals surface area contributed by atoms with E-state index in [9.17, 15) is 31.9 Å². The first-order valence-corrected chi connectivity index (χ1v) is 16.1. The highest BCUT2D eigenvalue weighted by molar-refractivity contribution is 5.83. The molecule has 8 nitrogen and oxygen atoms in total. The van der Waals surface area contributed by atoms with Crippen LogP contribution < -0.4 is 5.32 Å². The Bertz CT molecular complexity index is 2280. The summed E-state index contributed by atoms with van der Waals surface area (Å²) < 4.78 is 118. The van der Waals surface area contributed by atoms with Gasteiger partial charge in [0.15, 0.2) is 5.69 Å². The molecular weight excluding hydrogens is 700 g/mol. The summed E-state index contributed by atoms with van der Waals surface area (Å²) in [4.78, 5) is 25.3. The first kappa shape index (κ1) is 35.1. The third-order valence-corrected chi connectivity index (χ3v) is 9.24. The molecule has 2 aliphatic rings. The van der Waals surface area contributed by atoms with Crippen molar-refractivity contribution in [3.05, 3.63) is 100 Å². The number of aliphatic hydroxyl groups is 1. The van der Waals surface area contributed by atoms with Gasteiger partial charge in [-0.1, -0.05) is 5.92 Å². The molecule has 5 aromatic rings. The molecule has 0 spiro atoms. The van der Waals surface area contributed by atoms with E-state index >= 15 is 13.2 Å². The molecule has 2 aliphatic carbocycles. The van der Waals surface area contributed by atoms with Crippen molar-refractivity contribution >= 4 is 16.9 Å². The maximum atomic E-state index is 16.0. The Kier molecular flexibility index (Phi) is 8.40. The Morgan fingerprint density at radius 2 is 1.83 bits per heavy atom. The molecule has 1 saturated carbocycles. The summed E-state index contributed by atoms with van der Waals surface area (Å²) in [6.07, 6.45) is -2.70. The fourth-order valence-electron chi connectivity index (χ4n) is 6.93. The van der Waals surface area contributed by atoms with E-state index in [0.717, 1.165) is 12.1 Å². The number of benzene rings is 1. The van der Waals surface area contributed by atoms with Gasteiger partial charge in [0.1, 0.15) is 46.6 Å². The van der Waals surface area contributed by atoms with Crippen LogP contribution in [0.4, 0.5) is 35.1 Å². The van der Waals surface area contributed by atoms with Crippen molar-refractivity contribution in [1.29, 1.82) is 0 Å². The first-order valence-electron chi connectivity index (χ1n) is 16.1. The molecule has 16 heteroatoms. The smallest absolute Gasteiger partial charge is 0.378 e. The van der Waals surface area contributed by atoms with Crippen LogP contribution in [0.3, 0.4) is 0 Å². The van der Waals surface area contributed by atoms with Gasteiger partial charge in [-0.15, -0.1) is 0 Å². The number of alkyl halides is 5. The number of nitrogens with one attached hydrogen (secondary N) is 2. The number of fused-ring (bicyclic) bond motifs is 4. The Labute approximate surface area is 290 Å². The van der Waals surface area contributed by atoms with Gasteiger partial charge in [0.25, 0.3) is 5.92 Å². The molecule has 3 atom stereocenters. The fraction of sp³-hybridized carbons (Fsp3) is 0.333. The molecule has 1 fully saturated rings. The molecule has 52 heavy (non-hydrogen) atoms. The topological polar surface area (TPSA) is 109 Å². The number of H-pyrrole nitrogens is 1. The van der Waals surface area contributed by atoms with Crippen LogP contribution in [0, 0.1) is 35.2 Å². The second-order valence-corrected chi connectivity index (χ2v) is 13.4. The number of hydrogen-bond donors (Lipinski definition) is 3. The van der Waals surface area contributed by atoms with E-state index in [4.69, 9.17) is 0 Å². The predicted octanol–water partition coefficient (Wildman–Crippen LogP) is 7.08. The van der Waals surface area contributed by atoms with Gasteiger partial charge in [0.05, 0.1) is 17.1 Å². The molecule has 1 amide bonds. The molecule has 0 bridgehead atoms. The van der Waals surface area contributed by atoms with Crippen LogP contribution in [-0.2, 0) is 29.9 Å². The van der Waals surface area contributed by atoms with Gasteiger partial charge in [-0.05, 0) is 80.8 Å². The number of pyridine rings is 2. The van der Waals surface area contributed by atoms with Crippen molar-refractivity contribution in [2.24, 2.45) is 5.92 Å². The van der Waals surface area contributed by atoms with Crippen molar-refractivity contribution < 1.29 is 45.0 Å². The summed E-state index contributed by atoms with van der Waals surface area (Å²) >= 11 is 0. The van der Waals surface area contributed by atoms with E-state index in [1.54, 1.807) is 0 Å². The molecule has 270 valence electrons. The fourth-order valence-corrected chi connectivity index (χ4v) is 6.93. The van der Waals surface area contributed by atoms with E-state index in [1.807, 2.05) is 0 Å². The summed E-state index contributed by atoms with van der Waals surface area (Å²) in [6.45, 7) is 1.74.